The summed E-state index contributed by atoms with van der Waals surface area (Å²) in [6.45, 7) is 6.30. The summed E-state index contributed by atoms with van der Waals surface area (Å²) in [5.41, 5.74) is 2.83. The van der Waals surface area contributed by atoms with Crippen LogP contribution in [0.1, 0.15) is 49.8 Å². The van der Waals surface area contributed by atoms with E-state index in [4.69, 9.17) is 4.74 Å². The van der Waals surface area contributed by atoms with Gasteiger partial charge in [0.1, 0.15) is 0 Å². The smallest absolute Gasteiger partial charge is 0.0469 e. The minimum Gasteiger partial charge on any atom is -0.381 e. The number of hydrogen-bond acceptors (Lipinski definition) is 2. The fourth-order valence-electron chi connectivity index (χ4n) is 2.81. The van der Waals surface area contributed by atoms with E-state index in [2.05, 4.69) is 50.5 Å². The molecule has 1 unspecified atom stereocenters. The summed E-state index contributed by atoms with van der Waals surface area (Å²) in [6, 6.07) is 9.57. The van der Waals surface area contributed by atoms with E-state index in [0.29, 0.717) is 17.9 Å². The Morgan fingerprint density at radius 1 is 1.06 bits per heavy atom. The molecule has 1 N–H and O–H groups in total. The molecule has 0 spiro atoms. The largest absolute Gasteiger partial charge is 0.381 e. The molecule has 0 bridgehead atoms. The summed E-state index contributed by atoms with van der Waals surface area (Å²) < 4.78 is 5.45. The molecule has 2 nitrogen and oxygen atoms in total. The van der Waals surface area contributed by atoms with Crippen molar-refractivity contribution in [1.29, 1.82) is 0 Å². The Balaban J connectivity index is 2.11. The summed E-state index contributed by atoms with van der Waals surface area (Å²) >= 11 is 0. The Morgan fingerprint density at radius 2 is 1.61 bits per heavy atom. The molecule has 1 aliphatic heterocycles. The first-order chi connectivity index (χ1) is 8.72. The van der Waals surface area contributed by atoms with E-state index in [-0.39, 0.29) is 0 Å². The van der Waals surface area contributed by atoms with Crippen LogP contribution in [0.2, 0.25) is 0 Å². The predicted molar refractivity (Wildman–Crippen MR) is 75.9 cm³/mol. The second-order valence-electron chi connectivity index (χ2n) is 5.54. The number of benzene rings is 1. The fraction of sp³-hybridized carbons (Fsp3) is 0.625. The van der Waals surface area contributed by atoms with E-state index in [1.54, 1.807) is 0 Å². The number of ether oxygens (including phenoxy) is 1. The molecule has 2 rings (SSSR count). The van der Waals surface area contributed by atoms with Gasteiger partial charge in [0, 0.05) is 19.3 Å². The molecule has 1 atom stereocenters. The lowest BCUT2D eigenvalue weighted by Crippen LogP contribution is -2.29. The van der Waals surface area contributed by atoms with Crippen molar-refractivity contribution >= 4 is 0 Å². The van der Waals surface area contributed by atoms with E-state index in [1.165, 1.54) is 11.1 Å². The summed E-state index contributed by atoms with van der Waals surface area (Å²) in [4.78, 5) is 0. The van der Waals surface area contributed by atoms with Crippen LogP contribution < -0.4 is 5.32 Å². The molecule has 0 aromatic heterocycles. The Bertz CT molecular complexity index is 352. The molecule has 100 valence electrons. The molecule has 1 aromatic rings. The van der Waals surface area contributed by atoms with Crippen molar-refractivity contribution in [3.8, 4) is 0 Å². The maximum atomic E-state index is 5.45. The first kappa shape index (κ1) is 13.6. The molecule has 1 aromatic carbocycles. The van der Waals surface area contributed by atoms with Crippen LogP contribution in [0.15, 0.2) is 24.3 Å². The standard InChI is InChI=1S/C16H25NO/c1-12(2)13-4-6-14(7-5-13)16(17-3)15-8-10-18-11-9-15/h4-7,12,15-17H,8-11H2,1-3H3. The van der Waals surface area contributed by atoms with Crippen LogP contribution in [0, 0.1) is 5.92 Å². The zero-order valence-electron chi connectivity index (χ0n) is 11.8. The lowest BCUT2D eigenvalue weighted by Gasteiger charge is -2.30. The third-order valence-electron chi connectivity index (χ3n) is 4.01. The predicted octanol–water partition coefficient (Wildman–Crippen LogP) is 3.50. The molecule has 18 heavy (non-hydrogen) atoms. The molecule has 1 fully saturated rings. The molecular weight excluding hydrogens is 222 g/mol. The van der Waals surface area contributed by atoms with Crippen molar-refractivity contribution in [2.75, 3.05) is 20.3 Å². The topological polar surface area (TPSA) is 21.3 Å². The van der Waals surface area contributed by atoms with E-state index in [1.807, 2.05) is 0 Å². The summed E-state index contributed by atoms with van der Waals surface area (Å²) in [5, 5.41) is 3.48. The van der Waals surface area contributed by atoms with Gasteiger partial charge in [0.25, 0.3) is 0 Å². The van der Waals surface area contributed by atoms with Gasteiger partial charge in [-0.2, -0.15) is 0 Å². The van der Waals surface area contributed by atoms with Gasteiger partial charge in [-0.25, -0.2) is 0 Å². The Kier molecular flexibility index (Phi) is 4.79. The monoisotopic (exact) mass is 247 g/mol. The van der Waals surface area contributed by atoms with Crippen LogP contribution >= 0.6 is 0 Å². The highest BCUT2D eigenvalue weighted by atomic mass is 16.5. The first-order valence-corrected chi connectivity index (χ1v) is 7.07. The maximum absolute atomic E-state index is 5.45. The van der Waals surface area contributed by atoms with E-state index in [9.17, 15) is 0 Å². The zero-order valence-corrected chi connectivity index (χ0v) is 11.8. The third kappa shape index (κ3) is 3.12. The molecule has 0 saturated carbocycles. The second kappa shape index (κ2) is 6.35. The van der Waals surface area contributed by atoms with Crippen LogP contribution in [0.4, 0.5) is 0 Å². The molecule has 0 aliphatic carbocycles. The average molecular weight is 247 g/mol. The Labute approximate surface area is 111 Å². The van der Waals surface area contributed by atoms with E-state index < -0.39 is 0 Å². The third-order valence-corrected chi connectivity index (χ3v) is 4.01. The highest BCUT2D eigenvalue weighted by Gasteiger charge is 2.23. The van der Waals surface area contributed by atoms with Gasteiger partial charge in [0.2, 0.25) is 0 Å². The average Bonchev–Trinajstić information content (AvgIpc) is 2.41. The summed E-state index contributed by atoms with van der Waals surface area (Å²) in [5.74, 6) is 1.31. The first-order valence-electron chi connectivity index (χ1n) is 7.07. The van der Waals surface area contributed by atoms with Crippen LogP contribution in [-0.2, 0) is 4.74 Å². The van der Waals surface area contributed by atoms with Crippen molar-refractivity contribution in [2.24, 2.45) is 5.92 Å². The van der Waals surface area contributed by atoms with E-state index >= 15 is 0 Å². The van der Waals surface area contributed by atoms with Crippen molar-refractivity contribution in [3.05, 3.63) is 35.4 Å². The Hall–Kier alpha value is -0.860. The van der Waals surface area contributed by atoms with Gasteiger partial charge in [-0.3, -0.25) is 0 Å². The van der Waals surface area contributed by atoms with Crippen LogP contribution in [0.5, 0.6) is 0 Å². The fourth-order valence-corrected chi connectivity index (χ4v) is 2.81. The van der Waals surface area contributed by atoms with Gasteiger partial charge in [0.05, 0.1) is 0 Å². The quantitative estimate of drug-likeness (QED) is 0.879. The SMILES string of the molecule is CNC(c1ccc(C(C)C)cc1)C1CCOCC1. The van der Waals surface area contributed by atoms with Crippen molar-refractivity contribution < 1.29 is 4.74 Å². The number of nitrogens with one attached hydrogen (secondary N) is 1. The minimum absolute atomic E-state index is 0.468. The maximum Gasteiger partial charge on any atom is 0.0469 e. The van der Waals surface area contributed by atoms with Crippen molar-refractivity contribution in [1.82, 2.24) is 5.32 Å². The molecule has 0 amide bonds. The van der Waals surface area contributed by atoms with Crippen LogP contribution in [0.25, 0.3) is 0 Å². The summed E-state index contributed by atoms with van der Waals surface area (Å²) in [6.07, 6.45) is 2.33. The molecule has 0 radical (unpaired) electrons. The van der Waals surface area contributed by atoms with Gasteiger partial charge in [-0.15, -0.1) is 0 Å². The lowest BCUT2D eigenvalue weighted by molar-refractivity contribution is 0.0546. The molecular formula is C16H25NO. The molecule has 1 saturated heterocycles. The van der Waals surface area contributed by atoms with Gasteiger partial charge in [-0.1, -0.05) is 38.1 Å². The highest BCUT2D eigenvalue weighted by Crippen LogP contribution is 2.30. The molecule has 2 heteroatoms. The molecule has 1 aliphatic rings. The van der Waals surface area contributed by atoms with E-state index in [0.717, 1.165) is 26.1 Å². The van der Waals surface area contributed by atoms with Gasteiger partial charge in [-0.05, 0) is 42.9 Å². The van der Waals surface area contributed by atoms with Crippen LogP contribution in [-0.4, -0.2) is 20.3 Å². The van der Waals surface area contributed by atoms with Gasteiger partial charge in [0.15, 0.2) is 0 Å². The van der Waals surface area contributed by atoms with Crippen molar-refractivity contribution in [2.45, 2.75) is 38.6 Å². The summed E-state index contributed by atoms with van der Waals surface area (Å²) in [7, 11) is 2.07. The Morgan fingerprint density at radius 3 is 2.11 bits per heavy atom. The molecule has 1 heterocycles. The highest BCUT2D eigenvalue weighted by molar-refractivity contribution is 5.27. The van der Waals surface area contributed by atoms with Gasteiger partial charge < -0.3 is 10.1 Å². The zero-order chi connectivity index (χ0) is 13.0. The number of rotatable bonds is 4. The van der Waals surface area contributed by atoms with Crippen LogP contribution in [0.3, 0.4) is 0 Å². The number of hydrogen-bond donors (Lipinski definition) is 1. The lowest BCUT2D eigenvalue weighted by atomic mass is 9.86. The normalized spacial score (nSPS) is 19.1. The minimum atomic E-state index is 0.468. The second-order valence-corrected chi connectivity index (χ2v) is 5.54. The van der Waals surface area contributed by atoms with Gasteiger partial charge >= 0.3 is 0 Å². The van der Waals surface area contributed by atoms with Crippen molar-refractivity contribution in [3.63, 3.8) is 0 Å².